The summed E-state index contributed by atoms with van der Waals surface area (Å²) in [5, 5.41) is 6.55. The van der Waals surface area contributed by atoms with Crippen molar-refractivity contribution in [2.45, 2.75) is 64.6 Å². The Balaban J connectivity index is 1.35. The van der Waals surface area contributed by atoms with Crippen LogP contribution in [0.1, 0.15) is 73.7 Å². The first-order valence-electron chi connectivity index (χ1n) is 10.3. The Kier molecular flexibility index (Phi) is 5.40. The number of aromatic nitrogens is 1. The molecule has 4 rings (SSSR count). The molecular formula is C22H26N2O6. The van der Waals surface area contributed by atoms with Crippen molar-refractivity contribution >= 4 is 17.6 Å². The van der Waals surface area contributed by atoms with Crippen molar-refractivity contribution in [2.24, 2.45) is 0 Å². The molecule has 1 saturated carbocycles. The summed E-state index contributed by atoms with van der Waals surface area (Å²) in [4.78, 5) is 24.7. The highest BCUT2D eigenvalue weighted by molar-refractivity contribution is 5.96. The van der Waals surface area contributed by atoms with Gasteiger partial charge in [-0.1, -0.05) is 25.4 Å². The number of anilines is 1. The molecule has 1 spiro atoms. The van der Waals surface area contributed by atoms with Crippen molar-refractivity contribution < 1.29 is 28.3 Å². The predicted octanol–water partition coefficient (Wildman–Crippen LogP) is 4.33. The van der Waals surface area contributed by atoms with Crippen LogP contribution in [0.15, 0.2) is 22.7 Å². The van der Waals surface area contributed by atoms with Gasteiger partial charge in [-0.3, -0.25) is 4.79 Å². The SMILES string of the molecule is Cc1noc(C(C)C)c1C(=O)OCC(=O)Nc1ccc2c(c1)OC1(CCCCC1)O2. The second kappa shape index (κ2) is 8.01. The van der Waals surface area contributed by atoms with Crippen molar-refractivity contribution in [3.05, 3.63) is 35.2 Å². The third-order valence-electron chi connectivity index (χ3n) is 5.39. The van der Waals surface area contributed by atoms with Crippen LogP contribution in [0, 0.1) is 6.92 Å². The lowest BCUT2D eigenvalue weighted by Crippen LogP contribution is -2.40. The van der Waals surface area contributed by atoms with Crippen molar-refractivity contribution in [2.75, 3.05) is 11.9 Å². The maximum absolute atomic E-state index is 12.4. The van der Waals surface area contributed by atoms with Gasteiger partial charge >= 0.3 is 5.97 Å². The van der Waals surface area contributed by atoms with Crippen molar-refractivity contribution in [1.29, 1.82) is 0 Å². The number of rotatable bonds is 5. The molecule has 1 N–H and O–H groups in total. The van der Waals surface area contributed by atoms with Gasteiger partial charge in [-0.25, -0.2) is 4.79 Å². The van der Waals surface area contributed by atoms with Gasteiger partial charge in [-0.2, -0.15) is 0 Å². The van der Waals surface area contributed by atoms with E-state index in [1.54, 1.807) is 25.1 Å². The summed E-state index contributed by atoms with van der Waals surface area (Å²) in [5.74, 6) is 0.0868. The zero-order valence-electron chi connectivity index (χ0n) is 17.4. The number of hydrogen-bond acceptors (Lipinski definition) is 7. The van der Waals surface area contributed by atoms with E-state index >= 15 is 0 Å². The Bertz CT molecular complexity index is 959. The Hall–Kier alpha value is -3.03. The summed E-state index contributed by atoms with van der Waals surface area (Å²) in [6, 6.07) is 5.26. The van der Waals surface area contributed by atoms with Crippen LogP contribution < -0.4 is 14.8 Å². The largest absolute Gasteiger partial charge is 0.452 e. The summed E-state index contributed by atoms with van der Waals surface area (Å²) in [6.07, 6.45) is 5.07. The molecular weight excluding hydrogens is 388 g/mol. The van der Waals surface area contributed by atoms with E-state index in [1.807, 2.05) is 13.8 Å². The first-order chi connectivity index (χ1) is 14.4. The lowest BCUT2D eigenvalue weighted by Gasteiger charge is -2.31. The average molecular weight is 414 g/mol. The minimum absolute atomic E-state index is 0.0244. The molecule has 1 aliphatic carbocycles. The molecule has 0 atom stereocenters. The molecule has 8 nitrogen and oxygen atoms in total. The molecule has 2 aromatic rings. The van der Waals surface area contributed by atoms with E-state index in [0.717, 1.165) is 25.7 Å². The van der Waals surface area contributed by atoms with E-state index in [2.05, 4.69) is 10.5 Å². The van der Waals surface area contributed by atoms with Gasteiger partial charge in [0.1, 0.15) is 5.56 Å². The molecule has 160 valence electrons. The number of carbonyl (C=O) groups excluding carboxylic acids is 2. The highest BCUT2D eigenvalue weighted by Crippen LogP contribution is 2.46. The number of aryl methyl sites for hydroxylation is 1. The second-order valence-electron chi connectivity index (χ2n) is 8.12. The molecule has 2 heterocycles. The number of ether oxygens (including phenoxy) is 3. The number of benzene rings is 1. The van der Waals surface area contributed by atoms with E-state index in [4.69, 9.17) is 18.7 Å². The standard InChI is InChI=1S/C22H26N2O6/c1-13(2)20-19(14(3)24-30-20)21(26)27-12-18(25)23-15-7-8-16-17(11-15)29-22(28-16)9-5-4-6-10-22/h7-8,11,13H,4-6,9-10,12H2,1-3H3,(H,23,25). The number of fused-ring (bicyclic) bond motifs is 1. The van der Waals surface area contributed by atoms with E-state index in [9.17, 15) is 9.59 Å². The van der Waals surface area contributed by atoms with Crippen LogP contribution in [0.25, 0.3) is 0 Å². The smallest absolute Gasteiger partial charge is 0.344 e. The molecule has 1 fully saturated rings. The van der Waals surface area contributed by atoms with Crippen LogP contribution in [0.2, 0.25) is 0 Å². The minimum Gasteiger partial charge on any atom is -0.452 e. The van der Waals surface area contributed by atoms with Crippen LogP contribution >= 0.6 is 0 Å². The quantitative estimate of drug-likeness (QED) is 0.727. The Morgan fingerprint density at radius 2 is 1.90 bits per heavy atom. The number of carbonyl (C=O) groups is 2. The topological polar surface area (TPSA) is 99.9 Å². The molecule has 8 heteroatoms. The first kappa shape index (κ1) is 20.3. The normalized spacial score (nSPS) is 16.7. The summed E-state index contributed by atoms with van der Waals surface area (Å²) in [6.45, 7) is 5.03. The molecule has 1 amide bonds. The van der Waals surface area contributed by atoms with Gasteiger partial charge in [0, 0.05) is 30.5 Å². The second-order valence-corrected chi connectivity index (χ2v) is 8.12. The summed E-state index contributed by atoms with van der Waals surface area (Å²) >= 11 is 0. The van der Waals surface area contributed by atoms with Crippen LogP contribution in [0.3, 0.4) is 0 Å². The lowest BCUT2D eigenvalue weighted by molar-refractivity contribution is -0.119. The van der Waals surface area contributed by atoms with Gasteiger partial charge in [0.2, 0.25) is 0 Å². The first-order valence-corrected chi connectivity index (χ1v) is 10.3. The van der Waals surface area contributed by atoms with E-state index in [-0.39, 0.29) is 11.5 Å². The Morgan fingerprint density at radius 1 is 1.17 bits per heavy atom. The van der Waals surface area contributed by atoms with Crippen LogP contribution in [-0.2, 0) is 9.53 Å². The molecule has 0 radical (unpaired) electrons. The molecule has 2 aliphatic rings. The van der Waals surface area contributed by atoms with E-state index < -0.39 is 24.3 Å². The van der Waals surface area contributed by atoms with Gasteiger partial charge in [0.15, 0.2) is 23.9 Å². The highest BCUT2D eigenvalue weighted by Gasteiger charge is 2.42. The molecule has 0 unspecified atom stereocenters. The number of esters is 1. The minimum atomic E-state index is -0.627. The monoisotopic (exact) mass is 414 g/mol. The zero-order chi connectivity index (χ0) is 21.3. The lowest BCUT2D eigenvalue weighted by atomic mass is 9.94. The molecule has 0 bridgehead atoms. The molecule has 1 aromatic heterocycles. The average Bonchev–Trinajstić information content (AvgIpc) is 3.26. The summed E-state index contributed by atoms with van der Waals surface area (Å²) < 4.78 is 22.5. The van der Waals surface area contributed by atoms with Gasteiger partial charge in [0.25, 0.3) is 11.7 Å². The van der Waals surface area contributed by atoms with E-state index in [0.29, 0.717) is 28.6 Å². The van der Waals surface area contributed by atoms with Gasteiger partial charge < -0.3 is 24.1 Å². The molecule has 0 saturated heterocycles. The van der Waals surface area contributed by atoms with Gasteiger partial charge in [-0.15, -0.1) is 0 Å². The number of hydrogen-bond donors (Lipinski definition) is 1. The Morgan fingerprint density at radius 3 is 2.63 bits per heavy atom. The fourth-order valence-electron chi connectivity index (χ4n) is 3.90. The molecule has 1 aliphatic heterocycles. The van der Waals surface area contributed by atoms with Crippen molar-refractivity contribution in [3.63, 3.8) is 0 Å². The molecule has 1 aromatic carbocycles. The fraction of sp³-hybridized carbons (Fsp3) is 0.500. The maximum atomic E-state index is 12.4. The van der Waals surface area contributed by atoms with E-state index in [1.165, 1.54) is 6.42 Å². The highest BCUT2D eigenvalue weighted by atomic mass is 16.7. The Labute approximate surface area is 174 Å². The summed E-state index contributed by atoms with van der Waals surface area (Å²) in [5.41, 5.74) is 1.27. The predicted molar refractivity (Wildman–Crippen MR) is 108 cm³/mol. The summed E-state index contributed by atoms with van der Waals surface area (Å²) in [7, 11) is 0. The zero-order valence-corrected chi connectivity index (χ0v) is 17.4. The van der Waals surface area contributed by atoms with Crippen molar-refractivity contribution in [1.82, 2.24) is 5.16 Å². The van der Waals surface area contributed by atoms with Gasteiger partial charge in [-0.05, 0) is 31.9 Å². The molecule has 30 heavy (non-hydrogen) atoms. The van der Waals surface area contributed by atoms with Crippen LogP contribution in [0.4, 0.5) is 5.69 Å². The van der Waals surface area contributed by atoms with Crippen LogP contribution in [0.5, 0.6) is 11.5 Å². The van der Waals surface area contributed by atoms with Crippen LogP contribution in [-0.4, -0.2) is 29.4 Å². The fourth-order valence-corrected chi connectivity index (χ4v) is 3.90. The van der Waals surface area contributed by atoms with Gasteiger partial charge in [0.05, 0.1) is 5.69 Å². The maximum Gasteiger partial charge on any atom is 0.344 e. The third-order valence-corrected chi connectivity index (χ3v) is 5.39. The number of nitrogens with zero attached hydrogens (tertiary/aromatic N) is 1. The number of amides is 1. The van der Waals surface area contributed by atoms with Crippen molar-refractivity contribution in [3.8, 4) is 11.5 Å². The third kappa shape index (κ3) is 3.99. The number of nitrogens with one attached hydrogen (secondary N) is 1.